The fourth-order valence-corrected chi connectivity index (χ4v) is 3.21. The number of alkyl carbamates (subject to hydrolysis) is 1. The van der Waals surface area contributed by atoms with E-state index in [0.717, 1.165) is 0 Å². The number of nitrogens with one attached hydrogen (secondary N) is 2. The quantitative estimate of drug-likeness (QED) is 0.423. The van der Waals surface area contributed by atoms with Crippen molar-refractivity contribution in [2.45, 2.75) is 37.6 Å². The van der Waals surface area contributed by atoms with E-state index in [9.17, 15) is 23.5 Å². The number of pyridine rings is 1. The van der Waals surface area contributed by atoms with Crippen LogP contribution in [0.3, 0.4) is 0 Å². The Morgan fingerprint density at radius 2 is 1.50 bits per heavy atom. The summed E-state index contributed by atoms with van der Waals surface area (Å²) in [5, 5.41) is 14.9. The Bertz CT molecular complexity index is 1050. The summed E-state index contributed by atoms with van der Waals surface area (Å²) >= 11 is 0. The second-order valence-electron chi connectivity index (χ2n) is 7.61. The van der Waals surface area contributed by atoms with Crippen LogP contribution in [0.1, 0.15) is 16.7 Å². The lowest BCUT2D eigenvalue weighted by Crippen LogP contribution is -2.58. The largest absolute Gasteiger partial charge is 0.445 e. The molecule has 0 bridgehead atoms. The summed E-state index contributed by atoms with van der Waals surface area (Å²) in [5.74, 6) is -5.84. The van der Waals surface area contributed by atoms with Gasteiger partial charge in [0.15, 0.2) is 0 Å². The Balaban J connectivity index is 1.68. The van der Waals surface area contributed by atoms with Crippen LogP contribution in [0.4, 0.5) is 13.6 Å². The van der Waals surface area contributed by atoms with E-state index in [-0.39, 0.29) is 19.6 Å². The summed E-state index contributed by atoms with van der Waals surface area (Å²) in [6.07, 6.45) is -0.702. The number of carbonyl (C=O) groups is 2. The molecule has 3 rings (SSSR count). The molecule has 2 atom stereocenters. The zero-order valence-electron chi connectivity index (χ0n) is 18.2. The van der Waals surface area contributed by atoms with Crippen LogP contribution >= 0.6 is 0 Å². The highest BCUT2D eigenvalue weighted by Crippen LogP contribution is 2.24. The van der Waals surface area contributed by atoms with Gasteiger partial charge in [-0.1, -0.05) is 60.7 Å². The Morgan fingerprint density at radius 1 is 0.912 bits per heavy atom. The van der Waals surface area contributed by atoms with Crippen LogP contribution in [0.25, 0.3) is 0 Å². The summed E-state index contributed by atoms with van der Waals surface area (Å²) in [6, 6.07) is 18.9. The molecule has 0 aliphatic carbocycles. The third kappa shape index (κ3) is 7.08. The van der Waals surface area contributed by atoms with E-state index in [2.05, 4.69) is 15.6 Å². The van der Waals surface area contributed by atoms with Crippen molar-refractivity contribution in [2.75, 3.05) is 0 Å². The predicted molar refractivity (Wildman–Crippen MR) is 121 cm³/mol. The Hall–Kier alpha value is -3.85. The van der Waals surface area contributed by atoms with E-state index in [0.29, 0.717) is 16.7 Å². The topological polar surface area (TPSA) is 101 Å². The molecule has 2 amide bonds. The van der Waals surface area contributed by atoms with Gasteiger partial charge in [-0.05, 0) is 35.2 Å². The predicted octanol–water partition coefficient (Wildman–Crippen LogP) is 3.23. The molecule has 0 spiro atoms. The van der Waals surface area contributed by atoms with Crippen molar-refractivity contribution in [1.82, 2.24) is 15.6 Å². The SMILES string of the molecule is O=C(NC(Cc1ccccc1)C(O)C(F)(F)C(=O)NCc1ccncc1)OCc1ccccc1. The molecule has 7 nitrogen and oxygen atoms in total. The third-order valence-electron chi connectivity index (χ3n) is 5.07. The van der Waals surface area contributed by atoms with Gasteiger partial charge in [0.2, 0.25) is 0 Å². The normalized spacial score (nSPS) is 12.9. The van der Waals surface area contributed by atoms with Gasteiger partial charge in [0.1, 0.15) is 12.7 Å². The van der Waals surface area contributed by atoms with Crippen molar-refractivity contribution in [2.24, 2.45) is 0 Å². The van der Waals surface area contributed by atoms with Gasteiger partial charge < -0.3 is 20.5 Å². The molecular formula is C25H25F2N3O4. The highest BCUT2D eigenvalue weighted by atomic mass is 19.3. The highest BCUT2D eigenvalue weighted by Gasteiger charge is 2.50. The lowest BCUT2D eigenvalue weighted by atomic mass is 9.96. The molecule has 2 aromatic carbocycles. The maximum Gasteiger partial charge on any atom is 0.407 e. The molecule has 0 aliphatic heterocycles. The van der Waals surface area contributed by atoms with Crippen LogP contribution in [0.15, 0.2) is 85.2 Å². The number of nitrogens with zero attached hydrogens (tertiary/aromatic N) is 1. The first-order valence-electron chi connectivity index (χ1n) is 10.6. The standard InChI is InChI=1S/C25H25F2N3O4/c26-25(27,23(32)29-16-19-11-13-28-14-12-19)22(31)21(15-18-7-3-1-4-8-18)30-24(33)34-17-20-9-5-2-6-10-20/h1-14,21-22,31H,15-17H2,(H,29,32)(H,30,33). The Kier molecular flexibility index (Phi) is 8.64. The zero-order valence-corrected chi connectivity index (χ0v) is 18.2. The number of aromatic nitrogens is 1. The number of aliphatic hydroxyl groups excluding tert-OH is 1. The Morgan fingerprint density at radius 3 is 2.12 bits per heavy atom. The summed E-state index contributed by atoms with van der Waals surface area (Å²) in [7, 11) is 0. The van der Waals surface area contributed by atoms with Crippen molar-refractivity contribution in [3.63, 3.8) is 0 Å². The average Bonchev–Trinajstić information content (AvgIpc) is 2.87. The van der Waals surface area contributed by atoms with E-state index >= 15 is 0 Å². The lowest BCUT2D eigenvalue weighted by molar-refractivity contribution is -0.166. The zero-order chi connectivity index (χ0) is 24.4. The van der Waals surface area contributed by atoms with Crippen molar-refractivity contribution < 1.29 is 28.2 Å². The minimum Gasteiger partial charge on any atom is -0.445 e. The number of ether oxygens (including phenoxy) is 1. The molecule has 0 aliphatic rings. The molecule has 3 aromatic rings. The number of hydrogen-bond acceptors (Lipinski definition) is 5. The lowest BCUT2D eigenvalue weighted by Gasteiger charge is -2.29. The molecular weight excluding hydrogens is 444 g/mol. The maximum atomic E-state index is 14.9. The number of benzene rings is 2. The van der Waals surface area contributed by atoms with E-state index in [1.54, 1.807) is 72.8 Å². The summed E-state index contributed by atoms with van der Waals surface area (Å²) in [6.45, 7) is -0.247. The number of halogens is 2. The van der Waals surface area contributed by atoms with Crippen LogP contribution in [-0.2, 0) is 29.1 Å². The molecule has 9 heteroatoms. The second kappa shape index (κ2) is 11.9. The fraction of sp³-hybridized carbons (Fsp3) is 0.240. The first-order chi connectivity index (χ1) is 16.4. The van der Waals surface area contributed by atoms with E-state index in [1.165, 1.54) is 12.4 Å². The van der Waals surface area contributed by atoms with E-state index < -0.39 is 30.1 Å². The third-order valence-corrected chi connectivity index (χ3v) is 5.07. The molecule has 3 N–H and O–H groups in total. The Labute approximate surface area is 195 Å². The number of alkyl halides is 2. The smallest absolute Gasteiger partial charge is 0.407 e. The van der Waals surface area contributed by atoms with Gasteiger partial charge >= 0.3 is 12.0 Å². The first kappa shape index (κ1) is 24.8. The average molecular weight is 469 g/mol. The van der Waals surface area contributed by atoms with E-state index in [1.807, 2.05) is 0 Å². The van der Waals surface area contributed by atoms with Gasteiger partial charge in [-0.2, -0.15) is 8.78 Å². The van der Waals surface area contributed by atoms with Crippen LogP contribution < -0.4 is 10.6 Å². The minimum absolute atomic E-state index is 0.0797. The minimum atomic E-state index is -4.18. The van der Waals surface area contributed by atoms with Gasteiger partial charge in [0.25, 0.3) is 5.91 Å². The summed E-state index contributed by atoms with van der Waals surface area (Å²) in [5.41, 5.74) is 1.86. The maximum absolute atomic E-state index is 14.9. The molecule has 34 heavy (non-hydrogen) atoms. The van der Waals surface area contributed by atoms with Crippen LogP contribution in [-0.4, -0.2) is 40.2 Å². The van der Waals surface area contributed by atoms with Gasteiger partial charge in [-0.3, -0.25) is 9.78 Å². The molecule has 1 heterocycles. The van der Waals surface area contributed by atoms with Gasteiger partial charge in [-0.25, -0.2) is 4.79 Å². The molecule has 0 fully saturated rings. The molecule has 1 aromatic heterocycles. The van der Waals surface area contributed by atoms with E-state index in [4.69, 9.17) is 4.74 Å². The summed E-state index contributed by atoms with van der Waals surface area (Å²) in [4.78, 5) is 28.4. The molecule has 178 valence electrons. The molecule has 2 unspecified atom stereocenters. The van der Waals surface area contributed by atoms with Gasteiger partial charge in [0.05, 0.1) is 6.04 Å². The number of rotatable bonds is 10. The fourth-order valence-electron chi connectivity index (χ4n) is 3.21. The highest BCUT2D eigenvalue weighted by molar-refractivity contribution is 5.84. The number of aliphatic hydroxyl groups is 1. The van der Waals surface area contributed by atoms with Crippen LogP contribution in [0, 0.1) is 0 Å². The second-order valence-corrected chi connectivity index (χ2v) is 7.61. The summed E-state index contributed by atoms with van der Waals surface area (Å²) < 4.78 is 34.9. The monoisotopic (exact) mass is 469 g/mol. The number of carbonyl (C=O) groups excluding carboxylic acids is 2. The van der Waals surface area contributed by atoms with Gasteiger partial charge in [-0.15, -0.1) is 0 Å². The number of hydrogen-bond donors (Lipinski definition) is 3. The van der Waals surface area contributed by atoms with Crippen LogP contribution in [0.5, 0.6) is 0 Å². The molecule has 0 saturated heterocycles. The first-order valence-corrected chi connectivity index (χ1v) is 10.6. The van der Waals surface area contributed by atoms with Crippen molar-refractivity contribution in [3.8, 4) is 0 Å². The van der Waals surface area contributed by atoms with Crippen LogP contribution in [0.2, 0.25) is 0 Å². The number of amides is 2. The molecule has 0 radical (unpaired) electrons. The molecule has 0 saturated carbocycles. The van der Waals surface area contributed by atoms with Crippen molar-refractivity contribution in [1.29, 1.82) is 0 Å². The van der Waals surface area contributed by atoms with Crippen molar-refractivity contribution in [3.05, 3.63) is 102 Å². The van der Waals surface area contributed by atoms with Gasteiger partial charge in [0, 0.05) is 18.9 Å². The van der Waals surface area contributed by atoms with Crippen molar-refractivity contribution >= 4 is 12.0 Å².